The highest BCUT2D eigenvalue weighted by molar-refractivity contribution is 5.94. The molecular weight excluding hydrogens is 464 g/mol. The van der Waals surface area contributed by atoms with Crippen molar-refractivity contribution in [3.8, 4) is 0 Å². The minimum absolute atomic E-state index is 0.150. The van der Waals surface area contributed by atoms with E-state index in [1.807, 2.05) is 60.7 Å². The average Bonchev–Trinajstić information content (AvgIpc) is 3.32. The number of methoxy groups -OCH3 is 1. The lowest BCUT2D eigenvalue weighted by Gasteiger charge is -2.13. The van der Waals surface area contributed by atoms with Gasteiger partial charge in [-0.2, -0.15) is 0 Å². The van der Waals surface area contributed by atoms with Gasteiger partial charge in [0.15, 0.2) is 11.2 Å². The molecular formula is C25H26N6O5. The quantitative estimate of drug-likeness (QED) is 0.361. The van der Waals surface area contributed by atoms with Crippen molar-refractivity contribution in [2.75, 3.05) is 13.7 Å². The second-order valence-corrected chi connectivity index (χ2v) is 8.07. The Morgan fingerprint density at radius 3 is 2.28 bits per heavy atom. The van der Waals surface area contributed by atoms with Gasteiger partial charge in [0.05, 0.1) is 19.5 Å². The van der Waals surface area contributed by atoms with Gasteiger partial charge in [0.25, 0.3) is 5.56 Å². The first-order chi connectivity index (χ1) is 17.5. The standard InChI is InChI=1S/C25H26N6O5/c1-36-13-12-29-17-27-22-21(29)23(33)31(25(35)30(22)15-19-10-6-3-7-11-19)16-20(32)28-24(34)26-14-18-8-4-2-5-9-18/h2-11,17H,12-16H2,1H3,(H2,26,28,32,34). The molecule has 11 nitrogen and oxygen atoms in total. The van der Waals surface area contributed by atoms with E-state index in [0.717, 1.165) is 15.7 Å². The molecule has 186 valence electrons. The number of amides is 3. The van der Waals surface area contributed by atoms with E-state index in [-0.39, 0.29) is 24.3 Å². The number of imidazole rings is 1. The number of nitrogens with one attached hydrogen (secondary N) is 2. The molecule has 2 N–H and O–H groups in total. The third kappa shape index (κ3) is 5.58. The maximum atomic E-state index is 13.3. The van der Waals surface area contributed by atoms with Crippen LogP contribution in [0.3, 0.4) is 0 Å². The normalized spacial score (nSPS) is 10.9. The van der Waals surface area contributed by atoms with Gasteiger partial charge in [0, 0.05) is 20.2 Å². The molecule has 2 aromatic carbocycles. The summed E-state index contributed by atoms with van der Waals surface area (Å²) < 4.78 is 8.86. The number of hydrogen-bond donors (Lipinski definition) is 2. The molecule has 0 saturated heterocycles. The fourth-order valence-electron chi connectivity index (χ4n) is 3.78. The Bertz CT molecular complexity index is 1470. The second-order valence-electron chi connectivity index (χ2n) is 8.07. The Labute approximate surface area is 206 Å². The summed E-state index contributed by atoms with van der Waals surface area (Å²) in [7, 11) is 1.54. The van der Waals surface area contributed by atoms with Gasteiger partial charge in [-0.1, -0.05) is 60.7 Å². The van der Waals surface area contributed by atoms with Crippen LogP contribution in [0.5, 0.6) is 0 Å². The topological polar surface area (TPSA) is 129 Å². The largest absolute Gasteiger partial charge is 0.383 e. The van der Waals surface area contributed by atoms with Crippen LogP contribution in [0.4, 0.5) is 4.79 Å². The van der Waals surface area contributed by atoms with E-state index in [2.05, 4.69) is 15.6 Å². The van der Waals surface area contributed by atoms with Crippen LogP contribution in [0.15, 0.2) is 76.6 Å². The van der Waals surface area contributed by atoms with E-state index in [0.29, 0.717) is 13.2 Å². The van der Waals surface area contributed by atoms with Crippen molar-refractivity contribution < 1.29 is 14.3 Å². The van der Waals surface area contributed by atoms with Crippen LogP contribution in [-0.2, 0) is 35.7 Å². The van der Waals surface area contributed by atoms with E-state index in [1.54, 1.807) is 4.57 Å². The van der Waals surface area contributed by atoms with Gasteiger partial charge in [-0.15, -0.1) is 0 Å². The Balaban J connectivity index is 1.62. The second kappa shape index (κ2) is 11.3. The van der Waals surface area contributed by atoms with Gasteiger partial charge < -0.3 is 14.6 Å². The number of aromatic nitrogens is 4. The molecule has 4 aromatic rings. The third-order valence-electron chi connectivity index (χ3n) is 5.55. The lowest BCUT2D eigenvalue weighted by Crippen LogP contribution is -2.47. The number of ether oxygens (including phenoxy) is 1. The van der Waals surface area contributed by atoms with Gasteiger partial charge in [0.2, 0.25) is 5.91 Å². The summed E-state index contributed by atoms with van der Waals surface area (Å²) in [5, 5.41) is 4.75. The minimum Gasteiger partial charge on any atom is -0.383 e. The molecule has 36 heavy (non-hydrogen) atoms. The number of nitrogens with zero attached hydrogens (tertiary/aromatic N) is 4. The zero-order valence-electron chi connectivity index (χ0n) is 19.7. The summed E-state index contributed by atoms with van der Waals surface area (Å²) in [4.78, 5) is 55.8. The van der Waals surface area contributed by atoms with Crippen LogP contribution >= 0.6 is 0 Å². The molecule has 0 spiro atoms. The summed E-state index contributed by atoms with van der Waals surface area (Å²) in [6.45, 7) is 0.395. The molecule has 0 bridgehead atoms. The first-order valence-corrected chi connectivity index (χ1v) is 11.3. The van der Waals surface area contributed by atoms with E-state index < -0.39 is 29.7 Å². The molecule has 0 atom stereocenters. The number of rotatable bonds is 9. The lowest BCUT2D eigenvalue weighted by molar-refractivity contribution is -0.120. The maximum absolute atomic E-state index is 13.3. The maximum Gasteiger partial charge on any atom is 0.333 e. The number of carbonyl (C=O) groups excluding carboxylic acids is 2. The highest BCUT2D eigenvalue weighted by atomic mass is 16.5. The van der Waals surface area contributed by atoms with Crippen molar-refractivity contribution >= 4 is 23.1 Å². The van der Waals surface area contributed by atoms with Gasteiger partial charge in [-0.05, 0) is 11.1 Å². The number of hydrogen-bond acceptors (Lipinski definition) is 6. The summed E-state index contributed by atoms with van der Waals surface area (Å²) >= 11 is 0. The Kier molecular flexibility index (Phi) is 7.71. The monoisotopic (exact) mass is 490 g/mol. The molecule has 0 unspecified atom stereocenters. The predicted octanol–water partition coefficient (Wildman–Crippen LogP) is 1.08. The Morgan fingerprint density at radius 2 is 1.61 bits per heavy atom. The predicted molar refractivity (Wildman–Crippen MR) is 132 cm³/mol. The Hall–Kier alpha value is -4.51. The van der Waals surface area contributed by atoms with Crippen LogP contribution < -0.4 is 21.9 Å². The van der Waals surface area contributed by atoms with Gasteiger partial charge in [0.1, 0.15) is 6.54 Å². The molecule has 3 amide bonds. The van der Waals surface area contributed by atoms with E-state index in [1.165, 1.54) is 18.0 Å². The summed E-state index contributed by atoms with van der Waals surface area (Å²) in [5.74, 6) is -0.798. The van der Waals surface area contributed by atoms with Crippen LogP contribution in [0.2, 0.25) is 0 Å². The average molecular weight is 491 g/mol. The fraction of sp³-hybridized carbons (Fsp3) is 0.240. The van der Waals surface area contributed by atoms with Crippen molar-refractivity contribution in [3.63, 3.8) is 0 Å². The summed E-state index contributed by atoms with van der Waals surface area (Å²) in [6.07, 6.45) is 1.47. The molecule has 2 aromatic heterocycles. The van der Waals surface area contributed by atoms with Crippen molar-refractivity contribution in [2.24, 2.45) is 0 Å². The third-order valence-corrected chi connectivity index (χ3v) is 5.55. The molecule has 11 heteroatoms. The van der Waals surface area contributed by atoms with E-state index in [4.69, 9.17) is 4.74 Å². The van der Waals surface area contributed by atoms with E-state index >= 15 is 0 Å². The minimum atomic E-state index is -0.798. The van der Waals surface area contributed by atoms with Gasteiger partial charge in [-0.3, -0.25) is 19.5 Å². The number of urea groups is 1. The number of carbonyl (C=O) groups is 2. The molecule has 4 rings (SSSR count). The van der Waals surface area contributed by atoms with Crippen molar-refractivity contribution in [2.45, 2.75) is 26.2 Å². The zero-order valence-corrected chi connectivity index (χ0v) is 19.7. The molecule has 0 saturated carbocycles. The molecule has 0 aliphatic carbocycles. The fourth-order valence-corrected chi connectivity index (χ4v) is 3.78. The highest BCUT2D eigenvalue weighted by Crippen LogP contribution is 2.10. The van der Waals surface area contributed by atoms with Crippen LogP contribution in [0, 0.1) is 0 Å². The number of fused-ring (bicyclic) bond motifs is 1. The molecule has 2 heterocycles. The summed E-state index contributed by atoms with van der Waals surface area (Å²) in [6, 6.07) is 17.7. The SMILES string of the molecule is COCCn1cnc2c1c(=O)n(CC(=O)NC(=O)NCc1ccccc1)c(=O)n2Cc1ccccc1. The van der Waals surface area contributed by atoms with Crippen LogP contribution in [0.1, 0.15) is 11.1 Å². The Morgan fingerprint density at radius 1 is 0.944 bits per heavy atom. The number of imide groups is 1. The first kappa shape index (κ1) is 24.6. The number of benzene rings is 2. The molecule has 0 aliphatic rings. The molecule has 0 fully saturated rings. The van der Waals surface area contributed by atoms with Crippen LogP contribution in [-0.4, -0.2) is 44.3 Å². The van der Waals surface area contributed by atoms with Crippen molar-refractivity contribution in [1.29, 1.82) is 0 Å². The van der Waals surface area contributed by atoms with Gasteiger partial charge in [-0.25, -0.2) is 19.1 Å². The molecule has 0 radical (unpaired) electrons. The van der Waals surface area contributed by atoms with Crippen LogP contribution in [0.25, 0.3) is 11.2 Å². The smallest absolute Gasteiger partial charge is 0.333 e. The lowest BCUT2D eigenvalue weighted by atomic mass is 10.2. The van der Waals surface area contributed by atoms with Gasteiger partial charge >= 0.3 is 11.7 Å². The zero-order chi connectivity index (χ0) is 25.5. The van der Waals surface area contributed by atoms with E-state index in [9.17, 15) is 19.2 Å². The first-order valence-electron chi connectivity index (χ1n) is 11.3. The highest BCUT2D eigenvalue weighted by Gasteiger charge is 2.20. The molecule has 0 aliphatic heterocycles. The summed E-state index contributed by atoms with van der Waals surface area (Å²) in [5.41, 5.74) is 0.684. The van der Waals surface area contributed by atoms with Crippen molar-refractivity contribution in [3.05, 3.63) is 99.0 Å². The van der Waals surface area contributed by atoms with Crippen molar-refractivity contribution in [1.82, 2.24) is 29.3 Å².